The Morgan fingerprint density at radius 1 is 1.19 bits per heavy atom. The number of hydrogen-bond donors (Lipinski definition) is 1. The number of amides is 1. The van der Waals surface area contributed by atoms with Crippen LogP contribution in [0.15, 0.2) is 36.8 Å². The van der Waals surface area contributed by atoms with E-state index in [0.717, 1.165) is 39.1 Å². The monoisotopic (exact) mass is 366 g/mol. The van der Waals surface area contributed by atoms with Gasteiger partial charge in [-0.15, -0.1) is 0 Å². The van der Waals surface area contributed by atoms with Crippen LogP contribution in [0.5, 0.6) is 0 Å². The highest BCUT2D eigenvalue weighted by molar-refractivity contribution is 5.92. The van der Waals surface area contributed by atoms with Gasteiger partial charge in [0.25, 0.3) is 5.91 Å². The van der Waals surface area contributed by atoms with Crippen molar-refractivity contribution < 1.29 is 4.79 Å². The Morgan fingerprint density at radius 3 is 2.70 bits per heavy atom. The van der Waals surface area contributed by atoms with E-state index in [2.05, 4.69) is 53.0 Å². The largest absolute Gasteiger partial charge is 0.341 e. The molecule has 2 aromatic rings. The molecule has 27 heavy (non-hydrogen) atoms. The number of nitrogens with zero attached hydrogens (tertiary/aromatic N) is 3. The van der Waals surface area contributed by atoms with E-state index in [1.54, 1.807) is 12.5 Å². The maximum atomic E-state index is 12.6. The van der Waals surface area contributed by atoms with Crippen LogP contribution in [0.4, 0.5) is 0 Å². The molecule has 0 bridgehead atoms. The van der Waals surface area contributed by atoms with Crippen molar-refractivity contribution in [3.8, 4) is 0 Å². The number of nitrogens with one attached hydrogen (secondary N) is 1. The number of aromatic amines is 1. The van der Waals surface area contributed by atoms with E-state index in [0.29, 0.717) is 11.6 Å². The van der Waals surface area contributed by atoms with Crippen LogP contribution < -0.4 is 0 Å². The molecule has 1 amide bonds. The normalized spacial score (nSPS) is 23.4. The van der Waals surface area contributed by atoms with Gasteiger partial charge in [-0.2, -0.15) is 0 Å². The molecule has 1 atom stereocenters. The summed E-state index contributed by atoms with van der Waals surface area (Å²) in [5.74, 6) is 0.667. The molecule has 1 aromatic heterocycles. The molecule has 4 rings (SSSR count). The van der Waals surface area contributed by atoms with Gasteiger partial charge in [0.05, 0.1) is 12.5 Å². The molecule has 3 heterocycles. The summed E-state index contributed by atoms with van der Waals surface area (Å²) in [7, 11) is 0. The van der Waals surface area contributed by atoms with Crippen LogP contribution in [-0.2, 0) is 6.54 Å². The Hall–Kier alpha value is -2.14. The van der Waals surface area contributed by atoms with Gasteiger partial charge in [-0.05, 0) is 42.9 Å². The number of H-pyrrole nitrogens is 1. The number of carbonyl (C=O) groups is 1. The lowest BCUT2D eigenvalue weighted by Crippen LogP contribution is -2.45. The van der Waals surface area contributed by atoms with E-state index in [9.17, 15) is 4.79 Å². The van der Waals surface area contributed by atoms with Crippen LogP contribution in [0, 0.1) is 5.41 Å². The van der Waals surface area contributed by atoms with Crippen molar-refractivity contribution in [3.63, 3.8) is 0 Å². The molecule has 1 N–H and O–H groups in total. The smallest absolute Gasteiger partial charge is 0.271 e. The molecular formula is C22H30N4O. The van der Waals surface area contributed by atoms with Crippen LogP contribution in [0.1, 0.15) is 60.6 Å². The Labute approximate surface area is 161 Å². The number of aromatic nitrogens is 2. The first-order valence-electron chi connectivity index (χ1n) is 10.1. The Kier molecular flexibility index (Phi) is 5.04. The highest BCUT2D eigenvalue weighted by Gasteiger charge is 2.43. The van der Waals surface area contributed by atoms with Gasteiger partial charge in [0.1, 0.15) is 5.69 Å². The molecular weight excluding hydrogens is 336 g/mol. The highest BCUT2D eigenvalue weighted by atomic mass is 16.2. The predicted molar refractivity (Wildman–Crippen MR) is 107 cm³/mol. The van der Waals surface area contributed by atoms with Crippen molar-refractivity contribution in [2.45, 2.75) is 45.6 Å². The van der Waals surface area contributed by atoms with Crippen molar-refractivity contribution >= 4 is 5.91 Å². The molecule has 5 nitrogen and oxygen atoms in total. The van der Waals surface area contributed by atoms with Crippen LogP contribution in [-0.4, -0.2) is 51.9 Å². The molecule has 0 saturated carbocycles. The summed E-state index contributed by atoms with van der Waals surface area (Å²) < 4.78 is 0. The number of imidazole rings is 1. The zero-order valence-corrected chi connectivity index (χ0v) is 16.4. The molecule has 2 aliphatic rings. The van der Waals surface area contributed by atoms with Gasteiger partial charge in [0.2, 0.25) is 0 Å². The molecule has 144 valence electrons. The topological polar surface area (TPSA) is 52.2 Å². The zero-order chi connectivity index (χ0) is 18.9. The minimum Gasteiger partial charge on any atom is -0.341 e. The van der Waals surface area contributed by atoms with E-state index in [1.807, 2.05) is 4.90 Å². The van der Waals surface area contributed by atoms with Gasteiger partial charge >= 0.3 is 0 Å². The van der Waals surface area contributed by atoms with Crippen LogP contribution >= 0.6 is 0 Å². The third kappa shape index (κ3) is 3.93. The predicted octanol–water partition coefficient (Wildman–Crippen LogP) is 3.66. The maximum Gasteiger partial charge on any atom is 0.271 e. The number of rotatable bonds is 4. The second kappa shape index (κ2) is 7.47. The molecule has 2 fully saturated rings. The van der Waals surface area contributed by atoms with Gasteiger partial charge in [0.15, 0.2) is 0 Å². The first kappa shape index (κ1) is 18.2. The molecule has 2 aliphatic heterocycles. The maximum absolute atomic E-state index is 12.6. The van der Waals surface area contributed by atoms with E-state index in [1.165, 1.54) is 24.0 Å². The van der Waals surface area contributed by atoms with E-state index >= 15 is 0 Å². The lowest BCUT2D eigenvalue weighted by Gasteiger charge is -2.40. The average molecular weight is 367 g/mol. The lowest BCUT2D eigenvalue weighted by molar-refractivity contribution is 0.0671. The number of hydrogen-bond acceptors (Lipinski definition) is 3. The second-order valence-electron chi connectivity index (χ2n) is 8.65. The fourth-order valence-corrected chi connectivity index (χ4v) is 4.70. The molecule has 1 unspecified atom stereocenters. The standard InChI is InChI=1S/C22H30N4O/c1-17(2)19-6-4-18(5-7-19)13-25-10-3-8-22(14-25)9-11-26(15-22)21(27)20-12-23-16-24-20/h4-7,12,16-17H,3,8-11,13-15H2,1-2H3,(H,23,24). The average Bonchev–Trinajstić information content (AvgIpc) is 3.32. The quantitative estimate of drug-likeness (QED) is 0.898. The second-order valence-corrected chi connectivity index (χ2v) is 8.65. The summed E-state index contributed by atoms with van der Waals surface area (Å²) in [6, 6.07) is 9.08. The third-order valence-electron chi connectivity index (χ3n) is 6.25. The molecule has 2 saturated heterocycles. The van der Waals surface area contributed by atoms with Crippen molar-refractivity contribution in [1.82, 2.24) is 19.8 Å². The molecule has 0 radical (unpaired) electrons. The van der Waals surface area contributed by atoms with Crippen LogP contribution in [0.2, 0.25) is 0 Å². The van der Waals surface area contributed by atoms with Crippen LogP contribution in [0.3, 0.4) is 0 Å². The Morgan fingerprint density at radius 2 is 2.00 bits per heavy atom. The fraction of sp³-hybridized carbons (Fsp3) is 0.545. The Balaban J connectivity index is 1.38. The minimum absolute atomic E-state index is 0.0887. The van der Waals surface area contributed by atoms with Gasteiger partial charge in [0, 0.05) is 31.6 Å². The number of piperidine rings is 1. The van der Waals surface area contributed by atoms with Gasteiger partial charge in [-0.1, -0.05) is 38.1 Å². The van der Waals surface area contributed by atoms with Crippen LogP contribution in [0.25, 0.3) is 0 Å². The first-order valence-corrected chi connectivity index (χ1v) is 10.1. The van der Waals surface area contributed by atoms with Gasteiger partial charge in [-0.25, -0.2) is 4.98 Å². The first-order chi connectivity index (χ1) is 13.0. The summed E-state index contributed by atoms with van der Waals surface area (Å²) in [5, 5.41) is 0. The molecule has 1 spiro atoms. The molecule has 1 aromatic carbocycles. The fourth-order valence-electron chi connectivity index (χ4n) is 4.70. The van der Waals surface area contributed by atoms with Gasteiger partial charge < -0.3 is 9.88 Å². The lowest BCUT2D eigenvalue weighted by atomic mass is 9.79. The summed E-state index contributed by atoms with van der Waals surface area (Å²) in [4.78, 5) is 24.2. The summed E-state index contributed by atoms with van der Waals surface area (Å²) in [6.45, 7) is 9.45. The number of benzene rings is 1. The highest BCUT2D eigenvalue weighted by Crippen LogP contribution is 2.39. The SMILES string of the molecule is CC(C)c1ccc(CN2CCCC3(CCN(C(=O)c4cnc[nH]4)C3)C2)cc1. The van der Waals surface area contributed by atoms with E-state index < -0.39 is 0 Å². The summed E-state index contributed by atoms with van der Waals surface area (Å²) in [5.41, 5.74) is 3.65. The van der Waals surface area contributed by atoms with Crippen molar-refractivity contribution in [2.75, 3.05) is 26.2 Å². The zero-order valence-electron chi connectivity index (χ0n) is 16.4. The molecule has 0 aliphatic carbocycles. The third-order valence-corrected chi connectivity index (χ3v) is 6.25. The number of carbonyl (C=O) groups excluding carboxylic acids is 1. The van der Waals surface area contributed by atoms with Crippen molar-refractivity contribution in [2.24, 2.45) is 5.41 Å². The summed E-state index contributed by atoms with van der Waals surface area (Å²) in [6.07, 6.45) is 6.75. The summed E-state index contributed by atoms with van der Waals surface area (Å²) >= 11 is 0. The van der Waals surface area contributed by atoms with E-state index in [-0.39, 0.29) is 11.3 Å². The Bertz CT molecular complexity index is 768. The minimum atomic E-state index is 0.0887. The van der Waals surface area contributed by atoms with E-state index in [4.69, 9.17) is 0 Å². The van der Waals surface area contributed by atoms with Crippen molar-refractivity contribution in [1.29, 1.82) is 0 Å². The number of likely N-dealkylation sites (tertiary alicyclic amines) is 2. The van der Waals surface area contributed by atoms with Gasteiger partial charge in [-0.3, -0.25) is 9.69 Å². The molecule has 5 heteroatoms. The van der Waals surface area contributed by atoms with Crippen molar-refractivity contribution in [3.05, 3.63) is 53.6 Å².